The van der Waals surface area contributed by atoms with E-state index in [1.54, 1.807) is 17.4 Å². The Morgan fingerprint density at radius 2 is 2.18 bits per heavy atom. The van der Waals surface area contributed by atoms with Crippen LogP contribution in [0.25, 0.3) is 10.6 Å². The summed E-state index contributed by atoms with van der Waals surface area (Å²) in [5.74, 6) is -0.335. The molecule has 2 aromatic rings. The molecule has 2 heterocycles. The molecule has 0 spiro atoms. The fourth-order valence-electron chi connectivity index (χ4n) is 1.73. The number of sulfonamides is 1. The quantitative estimate of drug-likeness (QED) is 0.821. The number of nitrogens with one attached hydrogen (secondary N) is 2. The van der Waals surface area contributed by atoms with E-state index in [-0.39, 0.29) is 24.7 Å². The molecule has 0 aliphatic heterocycles. The highest BCUT2D eigenvalue weighted by atomic mass is 32.2. The fourth-order valence-corrected chi connectivity index (χ4v) is 2.98. The standard InChI is InChI=1S/C13H18N4O3S2/c1-9-4-5-12(21-9)10-8-11(16-15-10)13(18)14-6-7-17(2)22(3,19)20/h4-5,8H,6-7H2,1-3H3,(H,14,18)(H,15,16). The topological polar surface area (TPSA) is 95.2 Å². The van der Waals surface area contributed by atoms with E-state index in [9.17, 15) is 13.2 Å². The SMILES string of the molecule is Cc1ccc(-c2cc(C(=O)NCCN(C)S(C)(=O)=O)n[nH]2)s1. The number of aromatic amines is 1. The van der Waals surface area contributed by atoms with Crippen molar-refractivity contribution in [3.05, 3.63) is 28.8 Å². The molecule has 0 aromatic carbocycles. The monoisotopic (exact) mass is 342 g/mol. The number of amides is 1. The summed E-state index contributed by atoms with van der Waals surface area (Å²) in [4.78, 5) is 14.2. The van der Waals surface area contributed by atoms with E-state index < -0.39 is 10.0 Å². The van der Waals surface area contributed by atoms with Crippen molar-refractivity contribution in [2.45, 2.75) is 6.92 Å². The van der Waals surface area contributed by atoms with Crippen molar-refractivity contribution in [2.75, 3.05) is 26.4 Å². The van der Waals surface area contributed by atoms with Crippen molar-refractivity contribution in [2.24, 2.45) is 0 Å². The number of carbonyl (C=O) groups excluding carboxylic acids is 1. The Hall–Kier alpha value is -1.71. The summed E-state index contributed by atoms with van der Waals surface area (Å²) in [7, 11) is -1.77. The lowest BCUT2D eigenvalue weighted by Gasteiger charge is -2.13. The molecule has 0 bridgehead atoms. The predicted octanol–water partition coefficient (Wildman–Crippen LogP) is 1.07. The van der Waals surface area contributed by atoms with E-state index in [1.807, 2.05) is 19.1 Å². The molecule has 0 fully saturated rings. The highest BCUT2D eigenvalue weighted by Gasteiger charge is 2.14. The lowest BCUT2D eigenvalue weighted by Crippen LogP contribution is -2.35. The molecule has 0 unspecified atom stereocenters. The lowest BCUT2D eigenvalue weighted by molar-refractivity contribution is 0.0947. The molecule has 0 saturated carbocycles. The second kappa shape index (κ2) is 6.59. The number of H-pyrrole nitrogens is 1. The Balaban J connectivity index is 1.92. The number of hydrogen-bond acceptors (Lipinski definition) is 5. The molecule has 2 aromatic heterocycles. The van der Waals surface area contributed by atoms with Crippen molar-refractivity contribution in [1.29, 1.82) is 0 Å². The minimum absolute atomic E-state index is 0.214. The number of rotatable bonds is 6. The van der Waals surface area contributed by atoms with Gasteiger partial charge in [0.1, 0.15) is 0 Å². The first-order chi connectivity index (χ1) is 10.3. The van der Waals surface area contributed by atoms with Gasteiger partial charge in [-0.3, -0.25) is 9.89 Å². The third-order valence-corrected chi connectivity index (χ3v) is 5.44. The number of likely N-dealkylation sites (N-methyl/N-ethyl adjacent to an activating group) is 1. The van der Waals surface area contributed by atoms with Crippen LogP contribution in [0, 0.1) is 6.92 Å². The van der Waals surface area contributed by atoms with Gasteiger partial charge >= 0.3 is 0 Å². The predicted molar refractivity (Wildman–Crippen MR) is 86.4 cm³/mol. The van der Waals surface area contributed by atoms with Gasteiger partial charge in [-0.05, 0) is 25.1 Å². The van der Waals surface area contributed by atoms with Crippen LogP contribution in [0.1, 0.15) is 15.4 Å². The number of hydrogen-bond donors (Lipinski definition) is 2. The minimum Gasteiger partial charge on any atom is -0.349 e. The van der Waals surface area contributed by atoms with Crippen LogP contribution in [0.15, 0.2) is 18.2 Å². The van der Waals surface area contributed by atoms with Gasteiger partial charge < -0.3 is 5.32 Å². The molecule has 0 aliphatic carbocycles. The Morgan fingerprint density at radius 3 is 2.77 bits per heavy atom. The molecule has 0 aliphatic rings. The van der Waals surface area contributed by atoms with Gasteiger partial charge in [-0.1, -0.05) is 0 Å². The summed E-state index contributed by atoms with van der Waals surface area (Å²) < 4.78 is 23.7. The van der Waals surface area contributed by atoms with Crippen LogP contribution in [0.2, 0.25) is 0 Å². The average Bonchev–Trinajstić information content (AvgIpc) is 3.05. The number of carbonyl (C=O) groups is 1. The third kappa shape index (κ3) is 4.15. The second-order valence-corrected chi connectivity index (χ2v) is 8.29. The van der Waals surface area contributed by atoms with Crippen LogP contribution < -0.4 is 5.32 Å². The van der Waals surface area contributed by atoms with Gasteiger partial charge in [-0.15, -0.1) is 11.3 Å². The van der Waals surface area contributed by atoms with E-state index in [2.05, 4.69) is 15.5 Å². The first kappa shape index (κ1) is 16.7. The highest BCUT2D eigenvalue weighted by molar-refractivity contribution is 7.88. The largest absolute Gasteiger partial charge is 0.349 e. The van der Waals surface area contributed by atoms with E-state index in [4.69, 9.17) is 0 Å². The normalized spacial score (nSPS) is 11.8. The van der Waals surface area contributed by atoms with Gasteiger partial charge in [-0.2, -0.15) is 5.10 Å². The number of thiophene rings is 1. The van der Waals surface area contributed by atoms with Crippen LogP contribution >= 0.6 is 11.3 Å². The Labute approximate surface area is 133 Å². The lowest BCUT2D eigenvalue weighted by atomic mass is 10.3. The molecule has 7 nitrogen and oxygen atoms in total. The summed E-state index contributed by atoms with van der Waals surface area (Å²) in [6.45, 7) is 2.45. The van der Waals surface area contributed by atoms with Crippen molar-refractivity contribution < 1.29 is 13.2 Å². The number of aryl methyl sites for hydroxylation is 1. The smallest absolute Gasteiger partial charge is 0.271 e. The molecule has 2 N–H and O–H groups in total. The average molecular weight is 342 g/mol. The van der Waals surface area contributed by atoms with Gasteiger partial charge in [0.05, 0.1) is 16.8 Å². The van der Waals surface area contributed by atoms with Crippen LogP contribution in [0.4, 0.5) is 0 Å². The van der Waals surface area contributed by atoms with Crippen LogP contribution in [0.5, 0.6) is 0 Å². The van der Waals surface area contributed by atoms with E-state index in [0.29, 0.717) is 0 Å². The Morgan fingerprint density at radius 1 is 1.45 bits per heavy atom. The first-order valence-corrected chi connectivity index (χ1v) is 9.25. The van der Waals surface area contributed by atoms with Crippen molar-refractivity contribution in [3.63, 3.8) is 0 Å². The molecule has 0 saturated heterocycles. The van der Waals surface area contributed by atoms with Gasteiger partial charge in [0.15, 0.2) is 5.69 Å². The molecular weight excluding hydrogens is 324 g/mol. The molecule has 0 atom stereocenters. The number of nitrogens with zero attached hydrogens (tertiary/aromatic N) is 2. The van der Waals surface area contributed by atoms with Crippen molar-refractivity contribution in [3.8, 4) is 10.6 Å². The van der Waals surface area contributed by atoms with Crippen molar-refractivity contribution >= 4 is 27.3 Å². The summed E-state index contributed by atoms with van der Waals surface area (Å²) in [5.41, 5.74) is 1.07. The first-order valence-electron chi connectivity index (χ1n) is 6.59. The summed E-state index contributed by atoms with van der Waals surface area (Å²) in [5, 5.41) is 9.47. The molecule has 0 radical (unpaired) electrons. The third-order valence-electron chi connectivity index (χ3n) is 3.09. The van der Waals surface area contributed by atoms with Crippen LogP contribution in [0.3, 0.4) is 0 Å². The van der Waals surface area contributed by atoms with Crippen LogP contribution in [-0.4, -0.2) is 55.2 Å². The second-order valence-electron chi connectivity index (χ2n) is 4.92. The summed E-state index contributed by atoms with van der Waals surface area (Å²) in [6.07, 6.45) is 1.12. The van der Waals surface area contributed by atoms with E-state index >= 15 is 0 Å². The molecule has 9 heteroatoms. The van der Waals surface area contributed by atoms with Gasteiger partial charge in [0.25, 0.3) is 5.91 Å². The van der Waals surface area contributed by atoms with E-state index in [1.165, 1.54) is 16.2 Å². The Bertz CT molecular complexity index is 764. The number of aromatic nitrogens is 2. The summed E-state index contributed by atoms with van der Waals surface area (Å²) in [6, 6.07) is 5.65. The zero-order valence-electron chi connectivity index (χ0n) is 12.6. The minimum atomic E-state index is -3.23. The maximum absolute atomic E-state index is 12.0. The Kier molecular flexibility index (Phi) is 4.99. The maximum Gasteiger partial charge on any atom is 0.271 e. The van der Waals surface area contributed by atoms with Gasteiger partial charge in [-0.25, -0.2) is 12.7 Å². The molecule has 2 rings (SSSR count). The highest BCUT2D eigenvalue weighted by Crippen LogP contribution is 2.26. The molecular formula is C13H18N4O3S2. The molecule has 120 valence electrons. The van der Waals surface area contributed by atoms with E-state index in [0.717, 1.165) is 16.8 Å². The van der Waals surface area contributed by atoms with Crippen LogP contribution in [-0.2, 0) is 10.0 Å². The molecule has 22 heavy (non-hydrogen) atoms. The summed E-state index contributed by atoms with van der Waals surface area (Å²) >= 11 is 1.61. The fraction of sp³-hybridized carbons (Fsp3) is 0.385. The molecule has 1 amide bonds. The zero-order chi connectivity index (χ0) is 16.3. The van der Waals surface area contributed by atoms with Crippen molar-refractivity contribution in [1.82, 2.24) is 19.8 Å². The zero-order valence-corrected chi connectivity index (χ0v) is 14.2. The maximum atomic E-state index is 12.0. The van der Waals surface area contributed by atoms with Gasteiger partial charge in [0, 0.05) is 25.0 Å². The van der Waals surface area contributed by atoms with Gasteiger partial charge in [0.2, 0.25) is 10.0 Å².